The van der Waals surface area contributed by atoms with E-state index in [4.69, 9.17) is 4.74 Å². The van der Waals surface area contributed by atoms with Gasteiger partial charge in [0.15, 0.2) is 0 Å². The largest absolute Gasteiger partial charge is 0.489 e. The molecule has 1 aliphatic rings. The lowest BCUT2D eigenvalue weighted by Gasteiger charge is -2.20. The Labute approximate surface area is 207 Å². The minimum atomic E-state index is -0.957. The van der Waals surface area contributed by atoms with E-state index in [1.807, 2.05) is 13.8 Å². The van der Waals surface area contributed by atoms with Gasteiger partial charge in [-0.05, 0) is 43.7 Å². The quantitative estimate of drug-likeness (QED) is 0.428. The van der Waals surface area contributed by atoms with Gasteiger partial charge in [0.25, 0.3) is 5.91 Å². The van der Waals surface area contributed by atoms with E-state index in [9.17, 15) is 19.1 Å². The van der Waals surface area contributed by atoms with Gasteiger partial charge < -0.3 is 20.1 Å². The number of rotatable bonds is 4. The number of amides is 2. The van der Waals surface area contributed by atoms with Gasteiger partial charge in [-0.2, -0.15) is 14.2 Å². The molecule has 4 rings (SSSR count). The zero-order valence-corrected chi connectivity index (χ0v) is 20.2. The number of nitrogens with one attached hydrogen (secondary N) is 1. The van der Waals surface area contributed by atoms with Gasteiger partial charge in [-0.25, -0.2) is 9.78 Å². The molecule has 0 saturated heterocycles. The third-order valence-corrected chi connectivity index (χ3v) is 5.67. The van der Waals surface area contributed by atoms with E-state index in [-0.39, 0.29) is 25.5 Å². The smallest absolute Gasteiger partial charge is 0.342 e. The van der Waals surface area contributed by atoms with Gasteiger partial charge in [0.2, 0.25) is 5.95 Å². The van der Waals surface area contributed by atoms with Crippen LogP contribution in [-0.4, -0.2) is 58.1 Å². The number of hydrogen-bond donors (Lipinski definition) is 2. The molecule has 1 unspecified atom stereocenters. The summed E-state index contributed by atoms with van der Waals surface area (Å²) in [6, 6.07) is 6.89. The fourth-order valence-electron chi connectivity index (χ4n) is 3.51. The highest BCUT2D eigenvalue weighted by molar-refractivity contribution is 6.00. The number of fused-ring (bicyclic) bond motifs is 1. The van der Waals surface area contributed by atoms with Crippen molar-refractivity contribution in [2.45, 2.75) is 26.3 Å². The van der Waals surface area contributed by atoms with Crippen LogP contribution in [-0.2, 0) is 11.2 Å². The van der Waals surface area contributed by atoms with E-state index in [0.29, 0.717) is 28.1 Å². The normalized spacial score (nSPS) is 15.3. The first-order chi connectivity index (χ1) is 17.2. The number of benzene rings is 1. The Hall–Kier alpha value is -4.23. The molecule has 10 heteroatoms. The molecule has 0 bridgehead atoms. The molecule has 3 aromatic rings. The van der Waals surface area contributed by atoms with E-state index in [2.05, 4.69) is 27.2 Å². The number of nitrogens with zero attached hydrogens (tertiary/aromatic N) is 4. The van der Waals surface area contributed by atoms with Crippen LogP contribution in [0, 0.1) is 23.2 Å². The summed E-state index contributed by atoms with van der Waals surface area (Å²) in [5, 5.41) is 16.1. The number of aliphatic hydroxyl groups excluding tert-OH is 1. The molecule has 1 atom stereocenters. The van der Waals surface area contributed by atoms with Crippen LogP contribution in [0.15, 0.2) is 48.9 Å². The van der Waals surface area contributed by atoms with Gasteiger partial charge in [0.05, 0.1) is 18.5 Å². The molecule has 36 heavy (non-hydrogen) atoms. The molecule has 2 amide bonds. The van der Waals surface area contributed by atoms with Gasteiger partial charge in [-0.1, -0.05) is 17.9 Å². The summed E-state index contributed by atoms with van der Waals surface area (Å²) in [4.78, 5) is 30.9. The lowest BCUT2D eigenvalue weighted by Crippen LogP contribution is -2.50. The number of aliphatic hydroxyl groups is 1. The first kappa shape index (κ1) is 24.9. The van der Waals surface area contributed by atoms with Gasteiger partial charge in [0.1, 0.15) is 18.4 Å². The van der Waals surface area contributed by atoms with Crippen LogP contribution >= 0.6 is 0 Å². The van der Waals surface area contributed by atoms with Gasteiger partial charge in [-0.15, -0.1) is 0 Å². The highest BCUT2D eigenvalue weighted by Crippen LogP contribution is 2.31. The molecular weight excluding hydrogens is 465 g/mol. The van der Waals surface area contributed by atoms with Gasteiger partial charge in [0, 0.05) is 42.4 Å². The predicted octanol–water partition coefficient (Wildman–Crippen LogP) is 2.36. The summed E-state index contributed by atoms with van der Waals surface area (Å²) in [5.74, 6) is 5.56. The molecule has 1 aromatic carbocycles. The maximum absolute atomic E-state index is 13.8. The Bertz CT molecular complexity index is 1360. The minimum absolute atomic E-state index is 0.0699. The Kier molecular flexibility index (Phi) is 7.03. The summed E-state index contributed by atoms with van der Waals surface area (Å²) in [5.41, 5.74) is 1.62. The summed E-state index contributed by atoms with van der Waals surface area (Å²) in [6.45, 7) is 3.51. The van der Waals surface area contributed by atoms with E-state index < -0.39 is 23.4 Å². The Morgan fingerprint density at radius 2 is 2.17 bits per heavy atom. The maximum atomic E-state index is 13.8. The molecule has 0 radical (unpaired) electrons. The Morgan fingerprint density at radius 1 is 1.36 bits per heavy atom. The van der Waals surface area contributed by atoms with Gasteiger partial charge in [-0.3, -0.25) is 4.79 Å². The second kappa shape index (κ2) is 10.2. The topological polar surface area (TPSA) is 110 Å². The van der Waals surface area contributed by atoms with Crippen LogP contribution in [0.3, 0.4) is 0 Å². The second-order valence-electron chi connectivity index (χ2n) is 9.11. The zero-order valence-electron chi connectivity index (χ0n) is 20.2. The number of carbonyl (C=O) groups is 2. The number of likely N-dealkylation sites (N-methyl/N-ethyl adjacent to an activating group) is 1. The van der Waals surface area contributed by atoms with Crippen LogP contribution in [0.4, 0.5) is 14.9 Å². The van der Waals surface area contributed by atoms with Crippen molar-refractivity contribution >= 4 is 17.6 Å². The predicted molar refractivity (Wildman–Crippen MR) is 130 cm³/mol. The van der Waals surface area contributed by atoms with Crippen LogP contribution < -0.4 is 15.0 Å². The molecule has 9 nitrogen and oxygen atoms in total. The lowest BCUT2D eigenvalue weighted by molar-refractivity contribution is -0.120. The second-order valence-corrected chi connectivity index (χ2v) is 9.11. The molecule has 0 spiro atoms. The van der Waals surface area contributed by atoms with Crippen molar-refractivity contribution in [3.05, 3.63) is 71.6 Å². The molecule has 3 heterocycles. The SMILES string of the molecule is CN1C(=O)C(NC(=O)n2cc(Cc3cccnc3F)cn2)COc2ccc(C#CC(C)(C)CO)cc21. The van der Waals surface area contributed by atoms with Crippen molar-refractivity contribution in [1.82, 2.24) is 20.1 Å². The lowest BCUT2D eigenvalue weighted by atomic mass is 9.95. The molecular formula is C26H26FN5O4. The van der Waals surface area contributed by atoms with Crippen molar-refractivity contribution in [2.75, 3.05) is 25.2 Å². The summed E-state index contributed by atoms with van der Waals surface area (Å²) >= 11 is 0. The highest BCUT2D eigenvalue weighted by Gasteiger charge is 2.31. The monoisotopic (exact) mass is 491 g/mol. The molecule has 1 aliphatic heterocycles. The molecule has 186 valence electrons. The molecule has 2 aromatic heterocycles. The molecule has 0 aliphatic carbocycles. The number of carbonyl (C=O) groups excluding carboxylic acids is 2. The number of anilines is 1. The highest BCUT2D eigenvalue weighted by atomic mass is 19.1. The standard InChI is InChI=1S/C26H26FN5O4/c1-26(2,16-33)9-8-17-6-7-22-21(12-17)31(3)24(34)20(15-36-22)30-25(35)32-14-18(13-29-32)11-19-5-4-10-28-23(19)27/h4-7,10,12-14,20,33H,11,15-16H2,1-3H3,(H,30,35). The van der Waals surface area contributed by atoms with E-state index >= 15 is 0 Å². The minimum Gasteiger partial charge on any atom is -0.489 e. The zero-order chi connectivity index (χ0) is 25.9. The van der Waals surface area contributed by atoms with Gasteiger partial charge >= 0.3 is 6.03 Å². The first-order valence-electron chi connectivity index (χ1n) is 11.3. The van der Waals surface area contributed by atoms with Crippen molar-refractivity contribution < 1.29 is 23.8 Å². The third-order valence-electron chi connectivity index (χ3n) is 5.67. The number of pyridine rings is 1. The number of hydrogen-bond acceptors (Lipinski definition) is 6. The van der Waals surface area contributed by atoms with Crippen molar-refractivity contribution in [3.63, 3.8) is 0 Å². The number of halogens is 1. The Morgan fingerprint density at radius 3 is 2.92 bits per heavy atom. The number of ether oxygens (including phenoxy) is 1. The molecule has 0 saturated carbocycles. The van der Waals surface area contributed by atoms with Crippen molar-refractivity contribution in [1.29, 1.82) is 0 Å². The van der Waals surface area contributed by atoms with Crippen LogP contribution in [0.5, 0.6) is 5.75 Å². The Balaban J connectivity index is 1.46. The summed E-state index contributed by atoms with van der Waals surface area (Å²) in [6.07, 6.45) is 4.52. The average molecular weight is 492 g/mol. The average Bonchev–Trinajstić information content (AvgIpc) is 3.30. The van der Waals surface area contributed by atoms with E-state index in [0.717, 1.165) is 4.68 Å². The number of aromatic nitrogens is 3. The fraction of sp³-hybridized carbons (Fsp3) is 0.308. The molecule has 2 N–H and O–H groups in total. The van der Waals surface area contributed by atoms with E-state index in [1.165, 1.54) is 23.5 Å². The van der Waals surface area contributed by atoms with Crippen molar-refractivity contribution in [3.8, 4) is 17.6 Å². The van der Waals surface area contributed by atoms with Crippen molar-refractivity contribution in [2.24, 2.45) is 5.41 Å². The van der Waals surface area contributed by atoms with Crippen LogP contribution in [0.1, 0.15) is 30.5 Å². The summed E-state index contributed by atoms with van der Waals surface area (Å²) < 4.78 is 20.7. The first-order valence-corrected chi connectivity index (χ1v) is 11.3. The maximum Gasteiger partial charge on any atom is 0.342 e. The fourth-order valence-corrected chi connectivity index (χ4v) is 3.51. The van der Waals surface area contributed by atoms with E-state index in [1.54, 1.807) is 37.4 Å². The van der Waals surface area contributed by atoms with Crippen LogP contribution in [0.25, 0.3) is 0 Å². The third kappa shape index (κ3) is 5.53. The molecule has 0 fully saturated rings. The summed E-state index contributed by atoms with van der Waals surface area (Å²) in [7, 11) is 1.60. The van der Waals surface area contributed by atoms with Crippen LogP contribution in [0.2, 0.25) is 0 Å².